The highest BCUT2D eigenvalue weighted by molar-refractivity contribution is 7.89. The molecule has 0 fully saturated rings. The molecule has 6 nitrogen and oxygen atoms in total. The van der Waals surface area contributed by atoms with Gasteiger partial charge in [-0.2, -0.15) is 0 Å². The highest BCUT2D eigenvalue weighted by Crippen LogP contribution is 2.41. The van der Waals surface area contributed by atoms with E-state index in [4.69, 9.17) is 4.74 Å². The van der Waals surface area contributed by atoms with Crippen LogP contribution in [0.2, 0.25) is 0 Å². The number of hydrogen-bond acceptors (Lipinski definition) is 4. The van der Waals surface area contributed by atoms with Gasteiger partial charge in [0.05, 0.1) is 12.0 Å². The SMILES string of the molecule is COc1ccc(CNS(=O)(=O)c2ccc3c(c2)C(C)(C)CN3C(C)=O)cc1. The van der Waals surface area contributed by atoms with Crippen molar-refractivity contribution in [2.45, 2.75) is 37.6 Å². The number of nitrogens with zero attached hydrogens (tertiary/aromatic N) is 1. The van der Waals surface area contributed by atoms with E-state index in [1.165, 1.54) is 6.92 Å². The van der Waals surface area contributed by atoms with E-state index in [0.717, 1.165) is 22.6 Å². The summed E-state index contributed by atoms with van der Waals surface area (Å²) in [4.78, 5) is 13.8. The minimum atomic E-state index is -3.67. The van der Waals surface area contributed by atoms with E-state index in [1.807, 2.05) is 26.0 Å². The van der Waals surface area contributed by atoms with Crippen molar-refractivity contribution in [3.05, 3.63) is 53.6 Å². The van der Waals surface area contributed by atoms with E-state index in [2.05, 4.69) is 4.72 Å². The van der Waals surface area contributed by atoms with Crippen molar-refractivity contribution in [3.8, 4) is 5.75 Å². The maximum absolute atomic E-state index is 12.7. The number of nitrogens with one attached hydrogen (secondary N) is 1. The lowest BCUT2D eigenvalue weighted by molar-refractivity contribution is -0.116. The number of hydrogen-bond donors (Lipinski definition) is 1. The summed E-state index contributed by atoms with van der Waals surface area (Å²) in [5.74, 6) is 0.674. The Labute approximate surface area is 160 Å². The average molecular weight is 388 g/mol. The zero-order chi connectivity index (χ0) is 19.8. The van der Waals surface area contributed by atoms with Crippen LogP contribution >= 0.6 is 0 Å². The first-order chi connectivity index (χ1) is 12.6. The molecule has 0 saturated heterocycles. The predicted octanol–water partition coefficient (Wildman–Crippen LogP) is 2.82. The number of carbonyl (C=O) groups excluding carboxylic acids is 1. The van der Waals surface area contributed by atoms with Crippen LogP contribution in [0, 0.1) is 0 Å². The summed E-state index contributed by atoms with van der Waals surface area (Å²) in [6, 6.07) is 12.2. The van der Waals surface area contributed by atoms with E-state index in [1.54, 1.807) is 42.3 Å². The molecule has 0 unspecified atom stereocenters. The zero-order valence-corrected chi connectivity index (χ0v) is 16.8. The summed E-state index contributed by atoms with van der Waals surface area (Å²) < 4.78 is 33.2. The molecule has 2 aromatic carbocycles. The van der Waals surface area contributed by atoms with Gasteiger partial charge in [0.2, 0.25) is 15.9 Å². The molecule has 1 heterocycles. The minimum absolute atomic E-state index is 0.0462. The van der Waals surface area contributed by atoms with Gasteiger partial charge in [0.15, 0.2) is 0 Å². The van der Waals surface area contributed by atoms with Crippen LogP contribution in [0.4, 0.5) is 5.69 Å². The first-order valence-electron chi connectivity index (χ1n) is 8.69. The maximum Gasteiger partial charge on any atom is 0.240 e. The normalized spacial score (nSPS) is 15.5. The average Bonchev–Trinajstić information content (AvgIpc) is 2.91. The number of anilines is 1. The van der Waals surface area contributed by atoms with Crippen molar-refractivity contribution >= 4 is 21.6 Å². The Kier molecular flexibility index (Phi) is 5.01. The lowest BCUT2D eigenvalue weighted by Crippen LogP contribution is -2.31. The molecule has 0 bridgehead atoms. The molecule has 0 spiro atoms. The molecule has 1 amide bonds. The molecule has 3 rings (SSSR count). The van der Waals surface area contributed by atoms with Crippen LogP contribution in [0.1, 0.15) is 31.9 Å². The topological polar surface area (TPSA) is 75.7 Å². The predicted molar refractivity (Wildman–Crippen MR) is 105 cm³/mol. The lowest BCUT2D eigenvalue weighted by Gasteiger charge is -2.19. The van der Waals surface area contributed by atoms with Crippen LogP contribution < -0.4 is 14.4 Å². The third kappa shape index (κ3) is 3.84. The second-order valence-electron chi connectivity index (χ2n) is 7.34. The van der Waals surface area contributed by atoms with E-state index < -0.39 is 10.0 Å². The van der Waals surface area contributed by atoms with E-state index in [9.17, 15) is 13.2 Å². The van der Waals surface area contributed by atoms with Crippen molar-refractivity contribution in [2.24, 2.45) is 0 Å². The fourth-order valence-electron chi connectivity index (χ4n) is 3.31. The molecule has 1 aliphatic heterocycles. The minimum Gasteiger partial charge on any atom is -0.497 e. The van der Waals surface area contributed by atoms with Crippen LogP contribution in [0.25, 0.3) is 0 Å². The molecular weight excluding hydrogens is 364 g/mol. The van der Waals surface area contributed by atoms with Gasteiger partial charge in [0.25, 0.3) is 0 Å². The molecule has 2 aromatic rings. The van der Waals surface area contributed by atoms with Crippen LogP contribution in [0.15, 0.2) is 47.4 Å². The number of carbonyl (C=O) groups is 1. The van der Waals surface area contributed by atoms with Gasteiger partial charge in [-0.1, -0.05) is 26.0 Å². The number of benzene rings is 2. The summed E-state index contributed by atoms with van der Waals surface area (Å²) in [7, 11) is -2.08. The molecule has 1 aliphatic rings. The van der Waals surface area contributed by atoms with Crippen molar-refractivity contribution in [2.75, 3.05) is 18.6 Å². The first kappa shape index (κ1) is 19.4. The first-order valence-corrected chi connectivity index (χ1v) is 10.2. The number of amides is 1. The summed E-state index contributed by atoms with van der Waals surface area (Å²) in [6.45, 7) is 6.27. The molecule has 0 aromatic heterocycles. The number of sulfonamides is 1. The highest BCUT2D eigenvalue weighted by atomic mass is 32.2. The Morgan fingerprint density at radius 1 is 1.19 bits per heavy atom. The van der Waals surface area contributed by atoms with Crippen molar-refractivity contribution in [1.29, 1.82) is 0 Å². The molecule has 27 heavy (non-hydrogen) atoms. The number of methoxy groups -OCH3 is 1. The molecule has 7 heteroatoms. The third-order valence-corrected chi connectivity index (χ3v) is 6.26. The van der Waals surface area contributed by atoms with E-state index in [0.29, 0.717) is 6.54 Å². The second kappa shape index (κ2) is 6.98. The standard InChI is InChI=1S/C20H24N2O4S/c1-14(23)22-13-20(2,3)18-11-17(9-10-19(18)22)27(24,25)21-12-15-5-7-16(26-4)8-6-15/h5-11,21H,12-13H2,1-4H3. The summed E-state index contributed by atoms with van der Waals surface area (Å²) in [5.41, 5.74) is 2.18. The smallest absolute Gasteiger partial charge is 0.240 e. The van der Waals surface area contributed by atoms with Crippen LogP contribution in [0.5, 0.6) is 5.75 Å². The number of rotatable bonds is 5. The lowest BCUT2D eigenvalue weighted by atomic mass is 9.87. The van der Waals surface area contributed by atoms with Crippen LogP contribution in [-0.4, -0.2) is 28.0 Å². The van der Waals surface area contributed by atoms with E-state index >= 15 is 0 Å². The third-order valence-electron chi connectivity index (χ3n) is 4.86. The Hall–Kier alpha value is -2.38. The highest BCUT2D eigenvalue weighted by Gasteiger charge is 2.37. The molecule has 1 N–H and O–H groups in total. The van der Waals surface area contributed by atoms with Gasteiger partial charge in [0.1, 0.15) is 5.75 Å². The molecule has 0 saturated carbocycles. The van der Waals surface area contributed by atoms with Gasteiger partial charge in [-0.15, -0.1) is 0 Å². The largest absolute Gasteiger partial charge is 0.497 e. The van der Waals surface area contributed by atoms with Crippen LogP contribution in [-0.2, 0) is 26.8 Å². The molecule has 0 radical (unpaired) electrons. The Balaban J connectivity index is 1.84. The van der Waals surface area contributed by atoms with Gasteiger partial charge < -0.3 is 9.64 Å². The molecule has 0 aliphatic carbocycles. The fourth-order valence-corrected chi connectivity index (χ4v) is 4.35. The van der Waals surface area contributed by atoms with E-state index in [-0.39, 0.29) is 22.8 Å². The van der Waals surface area contributed by atoms with Crippen molar-refractivity contribution in [1.82, 2.24) is 4.72 Å². The Morgan fingerprint density at radius 3 is 2.44 bits per heavy atom. The Bertz CT molecular complexity index is 966. The number of fused-ring (bicyclic) bond motifs is 1. The van der Waals surface area contributed by atoms with Crippen molar-refractivity contribution < 1.29 is 17.9 Å². The molecule has 0 atom stereocenters. The van der Waals surface area contributed by atoms with Crippen LogP contribution in [0.3, 0.4) is 0 Å². The van der Waals surface area contributed by atoms with Crippen molar-refractivity contribution in [3.63, 3.8) is 0 Å². The number of ether oxygens (including phenoxy) is 1. The maximum atomic E-state index is 12.7. The zero-order valence-electron chi connectivity index (χ0n) is 15.9. The second-order valence-corrected chi connectivity index (χ2v) is 9.11. The van der Waals surface area contributed by atoms with Gasteiger partial charge in [-0.05, 0) is 41.5 Å². The van der Waals surface area contributed by atoms with Gasteiger partial charge >= 0.3 is 0 Å². The van der Waals surface area contributed by atoms with Gasteiger partial charge in [-0.3, -0.25) is 4.79 Å². The van der Waals surface area contributed by atoms with Gasteiger partial charge in [0, 0.05) is 31.1 Å². The summed E-state index contributed by atoms with van der Waals surface area (Å²) in [5, 5.41) is 0. The fraction of sp³-hybridized carbons (Fsp3) is 0.350. The van der Waals surface area contributed by atoms with Gasteiger partial charge in [-0.25, -0.2) is 13.1 Å². The quantitative estimate of drug-likeness (QED) is 0.855. The summed E-state index contributed by atoms with van der Waals surface area (Å²) in [6.07, 6.45) is 0. The monoisotopic (exact) mass is 388 g/mol. The molecule has 144 valence electrons. The Morgan fingerprint density at radius 2 is 1.85 bits per heavy atom. The molecular formula is C20H24N2O4S. The summed E-state index contributed by atoms with van der Waals surface area (Å²) >= 11 is 0.